The first-order chi connectivity index (χ1) is 15.0. The Bertz CT molecular complexity index is 1110. The third-order valence-electron chi connectivity index (χ3n) is 5.69. The maximum Gasteiger partial charge on any atom is 0.267 e. The van der Waals surface area contributed by atoms with Gasteiger partial charge in [0.1, 0.15) is 0 Å². The fraction of sp³-hybridized carbons (Fsp3) is 0.280. The molecular formula is C25H29N3O2S. The van der Waals surface area contributed by atoms with Crippen molar-refractivity contribution in [3.8, 4) is 0 Å². The number of hydrogen-bond acceptors (Lipinski definition) is 4. The van der Waals surface area contributed by atoms with E-state index in [2.05, 4.69) is 34.1 Å². The third-order valence-corrected chi connectivity index (χ3v) is 7.44. The molecule has 0 saturated carbocycles. The van der Waals surface area contributed by atoms with Gasteiger partial charge in [0.15, 0.2) is 0 Å². The van der Waals surface area contributed by atoms with Crippen molar-refractivity contribution in [2.24, 2.45) is 0 Å². The van der Waals surface area contributed by atoms with Gasteiger partial charge in [0.2, 0.25) is 0 Å². The fourth-order valence-corrected chi connectivity index (χ4v) is 5.21. The van der Waals surface area contributed by atoms with Gasteiger partial charge in [-0.1, -0.05) is 60.2 Å². The number of hydrogen-bond donors (Lipinski definition) is 0. The smallest absolute Gasteiger partial charge is 0.267 e. The van der Waals surface area contributed by atoms with Crippen molar-refractivity contribution >= 4 is 16.1 Å². The zero-order valence-electron chi connectivity index (χ0n) is 17.9. The first-order valence-corrected chi connectivity index (χ1v) is 12.1. The van der Waals surface area contributed by atoms with Gasteiger partial charge < -0.3 is 0 Å². The van der Waals surface area contributed by atoms with Crippen LogP contribution in [0.15, 0.2) is 83.9 Å². The third kappa shape index (κ3) is 5.34. The van der Waals surface area contributed by atoms with Gasteiger partial charge in [0.25, 0.3) is 10.0 Å². The highest BCUT2D eigenvalue weighted by atomic mass is 32.2. The number of nitrogens with zero attached hydrogens (tertiary/aromatic N) is 3. The van der Waals surface area contributed by atoms with Crippen LogP contribution in [-0.4, -0.2) is 54.9 Å². The van der Waals surface area contributed by atoms with Crippen molar-refractivity contribution in [2.75, 3.05) is 32.7 Å². The lowest BCUT2D eigenvalue weighted by Gasteiger charge is -2.34. The lowest BCUT2D eigenvalue weighted by Crippen LogP contribution is -2.46. The maximum absolute atomic E-state index is 13.1. The Morgan fingerprint density at radius 3 is 2.23 bits per heavy atom. The molecule has 2 aromatic carbocycles. The zero-order valence-corrected chi connectivity index (χ0v) is 18.7. The topological polar surface area (TPSA) is 45.6 Å². The molecular weight excluding hydrogens is 406 g/mol. The molecule has 1 aliphatic rings. The van der Waals surface area contributed by atoms with Crippen molar-refractivity contribution in [1.82, 2.24) is 13.8 Å². The number of benzene rings is 2. The molecule has 2 heterocycles. The minimum absolute atomic E-state index is 0.325. The highest BCUT2D eigenvalue weighted by molar-refractivity contribution is 7.90. The number of piperazine rings is 1. The molecule has 0 N–H and O–H groups in total. The minimum atomic E-state index is -3.57. The molecule has 0 amide bonds. The lowest BCUT2D eigenvalue weighted by molar-refractivity contribution is 0.135. The molecule has 6 heteroatoms. The Balaban J connectivity index is 1.34. The van der Waals surface area contributed by atoms with E-state index in [0.29, 0.717) is 11.4 Å². The van der Waals surface area contributed by atoms with Crippen LogP contribution in [0, 0.1) is 6.92 Å². The van der Waals surface area contributed by atoms with Gasteiger partial charge in [-0.25, -0.2) is 12.4 Å². The van der Waals surface area contributed by atoms with Crippen LogP contribution in [0.25, 0.3) is 6.08 Å². The second kappa shape index (κ2) is 9.64. The van der Waals surface area contributed by atoms with Crippen LogP contribution in [0.1, 0.15) is 16.8 Å². The SMILES string of the molecule is Cc1ccc(S(=O)(=O)n2cccc2CN2CCN(CC=Cc3ccccc3)CC2)cc1. The standard InChI is InChI=1S/C25H29N3O2S/c1-22-11-13-25(14-12-22)31(29,30)28-16-6-10-24(28)21-27-19-17-26(18-20-27)15-5-9-23-7-3-2-4-8-23/h2-14,16H,15,17-21H2,1H3. The monoisotopic (exact) mass is 435 g/mol. The quantitative estimate of drug-likeness (QED) is 0.565. The predicted octanol–water partition coefficient (Wildman–Crippen LogP) is 3.86. The van der Waals surface area contributed by atoms with Crippen molar-refractivity contribution in [2.45, 2.75) is 18.4 Å². The molecule has 0 bridgehead atoms. The molecule has 5 nitrogen and oxygen atoms in total. The molecule has 162 valence electrons. The van der Waals surface area contributed by atoms with Crippen LogP contribution in [0.2, 0.25) is 0 Å². The Kier molecular flexibility index (Phi) is 6.70. The van der Waals surface area contributed by atoms with Crippen molar-refractivity contribution in [1.29, 1.82) is 0 Å². The second-order valence-electron chi connectivity index (χ2n) is 8.00. The molecule has 1 saturated heterocycles. The Hall–Kier alpha value is -2.67. The summed E-state index contributed by atoms with van der Waals surface area (Å²) in [4.78, 5) is 5.08. The van der Waals surface area contributed by atoms with Gasteiger partial charge in [-0.3, -0.25) is 9.80 Å². The van der Waals surface area contributed by atoms with Gasteiger partial charge in [-0.15, -0.1) is 0 Å². The largest absolute Gasteiger partial charge is 0.297 e. The number of aryl methyl sites for hydroxylation is 1. The van der Waals surface area contributed by atoms with Gasteiger partial charge in [0, 0.05) is 51.2 Å². The molecule has 0 atom stereocenters. The molecule has 0 unspecified atom stereocenters. The van der Waals surface area contributed by atoms with E-state index in [9.17, 15) is 8.42 Å². The second-order valence-corrected chi connectivity index (χ2v) is 9.82. The summed E-state index contributed by atoms with van der Waals surface area (Å²) in [6.45, 7) is 7.32. The summed E-state index contributed by atoms with van der Waals surface area (Å²) in [5.74, 6) is 0. The highest BCUT2D eigenvalue weighted by Crippen LogP contribution is 2.19. The molecule has 1 aromatic heterocycles. The van der Waals surface area contributed by atoms with E-state index < -0.39 is 10.0 Å². The first-order valence-electron chi connectivity index (χ1n) is 10.7. The lowest BCUT2D eigenvalue weighted by atomic mass is 10.2. The van der Waals surface area contributed by atoms with E-state index >= 15 is 0 Å². The van der Waals surface area contributed by atoms with Crippen LogP contribution in [0.4, 0.5) is 0 Å². The molecule has 31 heavy (non-hydrogen) atoms. The maximum atomic E-state index is 13.1. The average molecular weight is 436 g/mol. The molecule has 0 radical (unpaired) electrons. The Morgan fingerprint density at radius 1 is 0.839 bits per heavy atom. The van der Waals surface area contributed by atoms with Crippen molar-refractivity contribution < 1.29 is 8.42 Å². The van der Waals surface area contributed by atoms with Crippen LogP contribution >= 0.6 is 0 Å². The summed E-state index contributed by atoms with van der Waals surface area (Å²) in [5, 5.41) is 0. The molecule has 1 fully saturated rings. The van der Waals surface area contributed by atoms with Crippen LogP contribution < -0.4 is 0 Å². The van der Waals surface area contributed by atoms with E-state index in [0.717, 1.165) is 44.0 Å². The summed E-state index contributed by atoms with van der Waals surface area (Å²) < 4.78 is 27.6. The van der Waals surface area contributed by atoms with Crippen molar-refractivity contribution in [3.05, 3.63) is 95.8 Å². The van der Waals surface area contributed by atoms with Crippen LogP contribution in [0.5, 0.6) is 0 Å². The number of aromatic nitrogens is 1. The average Bonchev–Trinajstić information content (AvgIpc) is 3.25. The Labute approximate surface area is 185 Å². The van der Waals surface area contributed by atoms with E-state index in [1.54, 1.807) is 18.3 Å². The molecule has 0 aliphatic carbocycles. The van der Waals surface area contributed by atoms with Crippen molar-refractivity contribution in [3.63, 3.8) is 0 Å². The summed E-state index contributed by atoms with van der Waals surface area (Å²) in [5.41, 5.74) is 3.07. The molecule has 0 spiro atoms. The van der Waals surface area contributed by atoms with Gasteiger partial charge in [-0.05, 0) is 36.8 Å². The van der Waals surface area contributed by atoms with E-state index in [1.807, 2.05) is 49.4 Å². The number of rotatable bonds is 7. The van der Waals surface area contributed by atoms with Crippen LogP contribution in [0.3, 0.4) is 0 Å². The minimum Gasteiger partial charge on any atom is -0.297 e. The molecule has 1 aliphatic heterocycles. The van der Waals surface area contributed by atoms with Gasteiger partial charge in [-0.2, -0.15) is 0 Å². The highest BCUT2D eigenvalue weighted by Gasteiger charge is 2.22. The summed E-state index contributed by atoms with van der Waals surface area (Å²) in [6, 6.07) is 21.1. The normalized spacial score (nSPS) is 16.2. The van der Waals surface area contributed by atoms with Crippen LogP contribution in [-0.2, 0) is 16.6 Å². The summed E-state index contributed by atoms with van der Waals surface area (Å²) >= 11 is 0. The predicted molar refractivity (Wildman–Crippen MR) is 125 cm³/mol. The zero-order chi connectivity index (χ0) is 21.7. The van der Waals surface area contributed by atoms with E-state index in [-0.39, 0.29) is 0 Å². The summed E-state index contributed by atoms with van der Waals surface area (Å²) in [7, 11) is -3.57. The van der Waals surface area contributed by atoms with E-state index in [4.69, 9.17) is 0 Å². The summed E-state index contributed by atoms with van der Waals surface area (Å²) in [6.07, 6.45) is 6.02. The first kappa shape index (κ1) is 21.6. The van der Waals surface area contributed by atoms with Gasteiger partial charge >= 0.3 is 0 Å². The Morgan fingerprint density at radius 2 is 1.52 bits per heavy atom. The van der Waals surface area contributed by atoms with E-state index in [1.165, 1.54) is 9.54 Å². The fourth-order valence-electron chi connectivity index (χ4n) is 3.84. The molecule has 4 rings (SSSR count). The molecule has 3 aromatic rings. The van der Waals surface area contributed by atoms with Gasteiger partial charge in [0.05, 0.1) is 4.90 Å².